The zero-order valence-electron chi connectivity index (χ0n) is 7.59. The number of halogens is 3. The number of carbonyl (C=O) groups is 1. The Balaban J connectivity index is 3.02. The number of nitrogens with zero attached hydrogens (tertiary/aromatic N) is 1. The average molecular weight is 240 g/mol. The number of hydrogen-bond acceptors (Lipinski definition) is 5. The smallest absolute Gasteiger partial charge is 0.443 e. The quantitative estimate of drug-likeness (QED) is 0.802. The van der Waals surface area contributed by atoms with Crippen LogP contribution >= 0.6 is 11.3 Å². The Morgan fingerprint density at radius 1 is 1.60 bits per heavy atom. The maximum absolute atomic E-state index is 12.2. The second-order valence-corrected chi connectivity index (χ2v) is 3.48. The predicted molar refractivity (Wildman–Crippen MR) is 47.5 cm³/mol. The molecule has 0 bridgehead atoms. The van der Waals surface area contributed by atoms with E-state index in [0.29, 0.717) is 0 Å². The minimum Gasteiger partial charge on any atom is -0.461 e. The highest BCUT2D eigenvalue weighted by Gasteiger charge is 2.36. The number of rotatable bonds is 2. The molecular formula is C7H7F3N2O2S. The maximum atomic E-state index is 12.2. The van der Waals surface area contributed by atoms with Crippen LogP contribution in [0.2, 0.25) is 0 Å². The SMILES string of the molecule is CCOC(=O)c1nc(C(F)(F)F)sc1N. The number of hydrogen-bond donors (Lipinski definition) is 1. The zero-order valence-corrected chi connectivity index (χ0v) is 8.41. The van der Waals surface area contributed by atoms with Crippen molar-refractivity contribution in [2.45, 2.75) is 13.1 Å². The molecule has 1 heterocycles. The number of anilines is 1. The van der Waals surface area contributed by atoms with E-state index in [2.05, 4.69) is 9.72 Å². The number of alkyl halides is 3. The Morgan fingerprint density at radius 3 is 2.60 bits per heavy atom. The Kier molecular flexibility index (Phi) is 3.18. The van der Waals surface area contributed by atoms with Gasteiger partial charge >= 0.3 is 12.1 Å². The summed E-state index contributed by atoms with van der Waals surface area (Å²) in [6, 6.07) is 0. The van der Waals surface area contributed by atoms with Crippen LogP contribution in [0.3, 0.4) is 0 Å². The molecule has 0 saturated heterocycles. The summed E-state index contributed by atoms with van der Waals surface area (Å²) in [5.74, 6) is -0.943. The normalized spacial score (nSPS) is 11.5. The van der Waals surface area contributed by atoms with Gasteiger partial charge in [-0.3, -0.25) is 0 Å². The molecular weight excluding hydrogens is 233 g/mol. The van der Waals surface area contributed by atoms with E-state index < -0.39 is 22.8 Å². The molecule has 1 rings (SSSR count). The lowest BCUT2D eigenvalue weighted by atomic mass is 10.4. The van der Waals surface area contributed by atoms with Gasteiger partial charge in [-0.15, -0.1) is 0 Å². The van der Waals surface area contributed by atoms with E-state index >= 15 is 0 Å². The van der Waals surface area contributed by atoms with Crippen LogP contribution in [0.4, 0.5) is 18.2 Å². The molecule has 0 aliphatic carbocycles. The van der Waals surface area contributed by atoms with E-state index in [1.807, 2.05) is 0 Å². The molecule has 84 valence electrons. The first-order valence-electron chi connectivity index (χ1n) is 3.87. The largest absolute Gasteiger partial charge is 0.461 e. The Bertz CT molecular complexity index is 375. The van der Waals surface area contributed by atoms with Crippen molar-refractivity contribution in [2.24, 2.45) is 0 Å². The first kappa shape index (κ1) is 11.8. The molecule has 8 heteroatoms. The lowest BCUT2D eigenvalue weighted by Crippen LogP contribution is -2.09. The molecule has 4 nitrogen and oxygen atoms in total. The van der Waals surface area contributed by atoms with Crippen LogP contribution in [0.5, 0.6) is 0 Å². The second kappa shape index (κ2) is 4.05. The van der Waals surface area contributed by atoms with Crippen molar-refractivity contribution in [3.8, 4) is 0 Å². The minimum absolute atomic E-state index is 0.0527. The van der Waals surface area contributed by atoms with Gasteiger partial charge < -0.3 is 10.5 Å². The molecule has 2 N–H and O–H groups in total. The molecule has 0 spiro atoms. The fourth-order valence-corrected chi connectivity index (χ4v) is 1.49. The molecule has 0 unspecified atom stereocenters. The molecule has 1 aromatic heterocycles. The van der Waals surface area contributed by atoms with Crippen LogP contribution < -0.4 is 5.73 Å². The Hall–Kier alpha value is -1.31. The van der Waals surface area contributed by atoms with Crippen molar-refractivity contribution in [3.63, 3.8) is 0 Å². The van der Waals surface area contributed by atoms with Crippen LogP contribution in [0.25, 0.3) is 0 Å². The van der Waals surface area contributed by atoms with Crippen LogP contribution in [0, 0.1) is 0 Å². The number of thiazole rings is 1. The van der Waals surface area contributed by atoms with Gasteiger partial charge in [0.05, 0.1) is 6.61 Å². The third-order valence-corrected chi connectivity index (χ3v) is 2.29. The zero-order chi connectivity index (χ0) is 11.6. The van der Waals surface area contributed by atoms with Crippen molar-refractivity contribution in [2.75, 3.05) is 12.3 Å². The molecule has 15 heavy (non-hydrogen) atoms. The van der Waals surface area contributed by atoms with Gasteiger partial charge in [-0.2, -0.15) is 13.2 Å². The number of nitrogen functional groups attached to an aromatic ring is 1. The summed E-state index contributed by atoms with van der Waals surface area (Å²) in [6.45, 7) is 1.59. The molecule has 0 atom stereocenters. The number of ether oxygens (including phenoxy) is 1. The molecule has 0 amide bonds. The van der Waals surface area contributed by atoms with Gasteiger partial charge in [0.1, 0.15) is 5.00 Å². The molecule has 0 saturated carbocycles. The van der Waals surface area contributed by atoms with Gasteiger partial charge in [0, 0.05) is 0 Å². The summed E-state index contributed by atoms with van der Waals surface area (Å²) in [6.07, 6.45) is -4.59. The molecule has 1 aromatic rings. The highest BCUT2D eigenvalue weighted by molar-refractivity contribution is 7.16. The first-order chi connectivity index (χ1) is 6.86. The highest BCUT2D eigenvalue weighted by atomic mass is 32.1. The van der Waals surface area contributed by atoms with E-state index in [9.17, 15) is 18.0 Å². The Morgan fingerprint density at radius 2 is 2.20 bits per heavy atom. The van der Waals surface area contributed by atoms with E-state index in [1.165, 1.54) is 6.92 Å². The number of aromatic nitrogens is 1. The fourth-order valence-electron chi connectivity index (χ4n) is 0.799. The topological polar surface area (TPSA) is 65.2 Å². The minimum atomic E-state index is -4.59. The maximum Gasteiger partial charge on any atom is 0.443 e. The van der Waals surface area contributed by atoms with E-state index in [1.54, 1.807) is 0 Å². The van der Waals surface area contributed by atoms with Gasteiger partial charge in [-0.05, 0) is 6.92 Å². The van der Waals surface area contributed by atoms with Crippen LogP contribution in [-0.2, 0) is 10.9 Å². The summed E-state index contributed by atoms with van der Waals surface area (Å²) in [7, 11) is 0. The predicted octanol–water partition coefficient (Wildman–Crippen LogP) is 1.92. The van der Waals surface area contributed by atoms with Crippen molar-refractivity contribution in [1.29, 1.82) is 0 Å². The van der Waals surface area contributed by atoms with Crippen molar-refractivity contribution >= 4 is 22.3 Å². The van der Waals surface area contributed by atoms with Crippen LogP contribution in [-0.4, -0.2) is 17.6 Å². The number of nitrogens with two attached hydrogens (primary N) is 1. The summed E-state index contributed by atoms with van der Waals surface area (Å²) in [5.41, 5.74) is 4.75. The summed E-state index contributed by atoms with van der Waals surface area (Å²) < 4.78 is 41.0. The first-order valence-corrected chi connectivity index (χ1v) is 4.68. The monoisotopic (exact) mass is 240 g/mol. The molecule has 0 aliphatic rings. The van der Waals surface area contributed by atoms with Gasteiger partial charge in [-0.1, -0.05) is 11.3 Å². The van der Waals surface area contributed by atoms with E-state index in [0.717, 1.165) is 0 Å². The average Bonchev–Trinajstić information content (AvgIpc) is 2.47. The van der Waals surface area contributed by atoms with Gasteiger partial charge in [-0.25, -0.2) is 9.78 Å². The fraction of sp³-hybridized carbons (Fsp3) is 0.429. The van der Waals surface area contributed by atoms with E-state index in [-0.39, 0.29) is 22.9 Å². The van der Waals surface area contributed by atoms with Gasteiger partial charge in [0.25, 0.3) is 0 Å². The number of carbonyl (C=O) groups excluding carboxylic acids is 1. The standard InChI is InChI=1S/C7H7F3N2O2S/c1-2-14-5(13)3-4(11)15-6(12-3)7(8,9)10/h2,11H2,1H3. The van der Waals surface area contributed by atoms with Crippen molar-refractivity contribution in [1.82, 2.24) is 4.98 Å². The molecule has 0 aromatic carbocycles. The highest BCUT2D eigenvalue weighted by Crippen LogP contribution is 2.35. The van der Waals surface area contributed by atoms with Crippen molar-refractivity contribution in [3.05, 3.63) is 10.7 Å². The summed E-state index contributed by atoms with van der Waals surface area (Å²) in [5, 5.41) is -1.44. The second-order valence-electron chi connectivity index (χ2n) is 2.45. The van der Waals surface area contributed by atoms with Crippen molar-refractivity contribution < 1.29 is 22.7 Å². The number of esters is 1. The summed E-state index contributed by atoms with van der Waals surface area (Å²) in [4.78, 5) is 14.2. The lowest BCUT2D eigenvalue weighted by Gasteiger charge is -1.99. The Labute approximate surface area is 86.9 Å². The third kappa shape index (κ3) is 2.58. The van der Waals surface area contributed by atoms with Crippen LogP contribution in [0.15, 0.2) is 0 Å². The van der Waals surface area contributed by atoms with Crippen LogP contribution in [0.1, 0.15) is 22.4 Å². The van der Waals surface area contributed by atoms with Gasteiger partial charge in [0.2, 0.25) is 5.01 Å². The molecule has 0 fully saturated rings. The van der Waals surface area contributed by atoms with E-state index in [4.69, 9.17) is 5.73 Å². The molecule has 0 radical (unpaired) electrons. The summed E-state index contributed by atoms with van der Waals surface area (Å²) >= 11 is 0.216. The third-order valence-electron chi connectivity index (χ3n) is 1.36. The lowest BCUT2D eigenvalue weighted by molar-refractivity contribution is -0.137. The molecule has 0 aliphatic heterocycles. The van der Waals surface area contributed by atoms with Gasteiger partial charge in [0.15, 0.2) is 5.69 Å².